The van der Waals surface area contributed by atoms with Crippen molar-refractivity contribution in [3.63, 3.8) is 0 Å². The van der Waals surface area contributed by atoms with Crippen molar-refractivity contribution in [3.8, 4) is 17.6 Å². The molecule has 140 valence electrons. The number of ether oxygens (including phenoxy) is 2. The number of carbonyl (C=O) groups is 1. The molecule has 7 heteroatoms. The summed E-state index contributed by atoms with van der Waals surface area (Å²) >= 11 is 5.92. The molecule has 1 unspecified atom stereocenters. The molecule has 0 spiro atoms. The number of halogens is 1. The van der Waals surface area contributed by atoms with Crippen molar-refractivity contribution in [1.82, 2.24) is 5.32 Å². The average Bonchev–Trinajstić information content (AvgIpc) is 2.67. The van der Waals surface area contributed by atoms with Crippen molar-refractivity contribution < 1.29 is 14.3 Å². The molecule has 6 nitrogen and oxygen atoms in total. The van der Waals surface area contributed by atoms with E-state index in [4.69, 9.17) is 21.1 Å². The van der Waals surface area contributed by atoms with E-state index in [1.54, 1.807) is 50.6 Å². The van der Waals surface area contributed by atoms with Crippen molar-refractivity contribution in [3.05, 3.63) is 64.8 Å². The van der Waals surface area contributed by atoms with Gasteiger partial charge in [0.2, 0.25) is 0 Å². The Morgan fingerprint density at radius 2 is 1.93 bits per heavy atom. The summed E-state index contributed by atoms with van der Waals surface area (Å²) in [6.07, 6.45) is 1.35. The Bertz CT molecular complexity index is 890. The number of rotatable bonds is 7. The first-order valence-electron chi connectivity index (χ1n) is 8.13. The van der Waals surface area contributed by atoms with E-state index < -0.39 is 5.91 Å². The average molecular weight is 386 g/mol. The second kappa shape index (κ2) is 9.51. The van der Waals surface area contributed by atoms with Gasteiger partial charge in [0.05, 0.1) is 20.3 Å². The Hall–Kier alpha value is -3.17. The third-order valence-corrected chi connectivity index (χ3v) is 4.06. The van der Waals surface area contributed by atoms with Gasteiger partial charge in [0.15, 0.2) is 11.5 Å². The Balaban J connectivity index is 2.09. The summed E-state index contributed by atoms with van der Waals surface area (Å²) in [5.74, 6) is 0.673. The number of anilines is 1. The highest BCUT2D eigenvalue weighted by atomic mass is 35.5. The molecule has 0 radical (unpaired) electrons. The lowest BCUT2D eigenvalue weighted by atomic mass is 10.1. The molecule has 0 heterocycles. The largest absolute Gasteiger partial charge is 0.493 e. The molecule has 0 aliphatic rings. The molecule has 2 aromatic rings. The molecule has 0 aliphatic carbocycles. The van der Waals surface area contributed by atoms with Gasteiger partial charge in [-0.1, -0.05) is 23.7 Å². The van der Waals surface area contributed by atoms with Crippen LogP contribution in [0.25, 0.3) is 0 Å². The van der Waals surface area contributed by atoms with Crippen LogP contribution in [0.15, 0.2) is 54.2 Å². The highest BCUT2D eigenvalue weighted by molar-refractivity contribution is 6.30. The van der Waals surface area contributed by atoms with E-state index >= 15 is 0 Å². The van der Waals surface area contributed by atoms with E-state index in [9.17, 15) is 10.1 Å². The first kappa shape index (κ1) is 20.1. The predicted octanol–water partition coefficient (Wildman–Crippen LogP) is 4.05. The molecule has 0 aromatic heterocycles. The van der Waals surface area contributed by atoms with Crippen LogP contribution in [-0.4, -0.2) is 20.1 Å². The van der Waals surface area contributed by atoms with Gasteiger partial charge in [-0.2, -0.15) is 5.26 Å². The van der Waals surface area contributed by atoms with Gasteiger partial charge in [-0.3, -0.25) is 4.79 Å². The molecule has 2 aromatic carbocycles. The van der Waals surface area contributed by atoms with Crippen LogP contribution in [0, 0.1) is 11.3 Å². The van der Waals surface area contributed by atoms with E-state index in [1.165, 1.54) is 6.20 Å². The Morgan fingerprint density at radius 1 is 1.19 bits per heavy atom. The molecule has 2 rings (SSSR count). The molecule has 0 bridgehead atoms. The van der Waals surface area contributed by atoms with Gasteiger partial charge in [0.25, 0.3) is 5.91 Å². The van der Waals surface area contributed by atoms with E-state index in [0.29, 0.717) is 22.2 Å². The summed E-state index contributed by atoms with van der Waals surface area (Å²) in [5.41, 5.74) is 1.44. The van der Waals surface area contributed by atoms with Crippen LogP contribution in [-0.2, 0) is 4.79 Å². The summed E-state index contributed by atoms with van der Waals surface area (Å²) in [4.78, 5) is 12.4. The van der Waals surface area contributed by atoms with Crippen LogP contribution in [0.3, 0.4) is 0 Å². The van der Waals surface area contributed by atoms with Gasteiger partial charge in [-0.15, -0.1) is 0 Å². The highest BCUT2D eigenvalue weighted by Crippen LogP contribution is 2.29. The van der Waals surface area contributed by atoms with Gasteiger partial charge in [-0.25, -0.2) is 0 Å². The van der Waals surface area contributed by atoms with Crippen molar-refractivity contribution in [1.29, 1.82) is 5.26 Å². The summed E-state index contributed by atoms with van der Waals surface area (Å²) in [6, 6.07) is 13.9. The zero-order chi connectivity index (χ0) is 19.8. The van der Waals surface area contributed by atoms with E-state index in [2.05, 4.69) is 10.6 Å². The molecule has 27 heavy (non-hydrogen) atoms. The van der Waals surface area contributed by atoms with Gasteiger partial charge in [-0.05, 0) is 42.8 Å². The monoisotopic (exact) mass is 385 g/mol. The van der Waals surface area contributed by atoms with Gasteiger partial charge >= 0.3 is 0 Å². The van der Waals surface area contributed by atoms with Crippen LogP contribution in [0.1, 0.15) is 18.5 Å². The fourth-order valence-electron chi connectivity index (χ4n) is 2.36. The lowest BCUT2D eigenvalue weighted by Gasteiger charge is -2.16. The van der Waals surface area contributed by atoms with E-state index in [-0.39, 0.29) is 11.6 Å². The number of hydrogen-bond acceptors (Lipinski definition) is 5. The number of nitriles is 1. The van der Waals surface area contributed by atoms with Crippen LogP contribution >= 0.6 is 11.6 Å². The number of hydrogen-bond donors (Lipinski definition) is 2. The fraction of sp³-hybridized carbons (Fsp3) is 0.200. The zero-order valence-electron chi connectivity index (χ0n) is 15.2. The maximum Gasteiger partial charge on any atom is 0.263 e. The van der Waals surface area contributed by atoms with E-state index in [0.717, 1.165) is 5.56 Å². The van der Waals surface area contributed by atoms with Crippen LogP contribution in [0.4, 0.5) is 5.69 Å². The quantitative estimate of drug-likeness (QED) is 0.554. The van der Waals surface area contributed by atoms with Crippen molar-refractivity contribution in [2.75, 3.05) is 19.5 Å². The number of carbonyl (C=O) groups excluding carboxylic acids is 1. The van der Waals surface area contributed by atoms with Crippen LogP contribution in [0.2, 0.25) is 5.02 Å². The topological polar surface area (TPSA) is 83.4 Å². The Morgan fingerprint density at radius 3 is 2.56 bits per heavy atom. The maximum atomic E-state index is 12.4. The molecular formula is C20H20ClN3O3. The minimum Gasteiger partial charge on any atom is -0.493 e. The lowest BCUT2D eigenvalue weighted by molar-refractivity contribution is -0.117. The summed E-state index contributed by atoms with van der Waals surface area (Å²) in [7, 11) is 3.10. The lowest BCUT2D eigenvalue weighted by Crippen LogP contribution is -2.28. The normalized spacial score (nSPS) is 11.9. The third-order valence-electron chi connectivity index (χ3n) is 3.83. The van der Waals surface area contributed by atoms with Crippen LogP contribution < -0.4 is 20.1 Å². The fourth-order valence-corrected chi connectivity index (χ4v) is 2.55. The molecule has 2 N–H and O–H groups in total. The van der Waals surface area contributed by atoms with Crippen molar-refractivity contribution in [2.24, 2.45) is 0 Å². The molecule has 0 saturated carbocycles. The molecule has 0 fully saturated rings. The smallest absolute Gasteiger partial charge is 0.263 e. The second-order valence-electron chi connectivity index (χ2n) is 5.63. The first-order chi connectivity index (χ1) is 13.0. The number of amides is 1. The van der Waals surface area contributed by atoms with Crippen molar-refractivity contribution in [2.45, 2.75) is 13.0 Å². The zero-order valence-corrected chi connectivity index (χ0v) is 16.0. The number of methoxy groups -OCH3 is 2. The number of nitrogens with one attached hydrogen (secondary N) is 2. The number of nitrogens with zero attached hydrogens (tertiary/aromatic N) is 1. The minimum absolute atomic E-state index is 0.0534. The van der Waals surface area contributed by atoms with Gasteiger partial charge in [0, 0.05) is 16.9 Å². The molecule has 0 saturated heterocycles. The van der Waals surface area contributed by atoms with Crippen LogP contribution in [0.5, 0.6) is 11.5 Å². The number of benzene rings is 2. The predicted molar refractivity (Wildman–Crippen MR) is 105 cm³/mol. The third kappa shape index (κ3) is 5.40. The Kier molecular flexibility index (Phi) is 7.09. The SMILES string of the molecule is COc1ccc(C(C)NC(=O)/C(C#N)=C\Nc2cccc(Cl)c2)cc1OC. The summed E-state index contributed by atoms with van der Waals surface area (Å²) in [6.45, 7) is 1.82. The van der Waals surface area contributed by atoms with Crippen molar-refractivity contribution >= 4 is 23.2 Å². The van der Waals surface area contributed by atoms with Gasteiger partial charge < -0.3 is 20.1 Å². The minimum atomic E-state index is -0.491. The maximum absolute atomic E-state index is 12.4. The molecule has 0 aliphatic heterocycles. The first-order valence-corrected chi connectivity index (χ1v) is 8.51. The summed E-state index contributed by atoms with van der Waals surface area (Å²) in [5, 5.41) is 15.5. The Labute approximate surface area is 163 Å². The molecule has 1 atom stereocenters. The molecule has 1 amide bonds. The highest BCUT2D eigenvalue weighted by Gasteiger charge is 2.15. The molecular weight excluding hydrogens is 366 g/mol. The van der Waals surface area contributed by atoms with E-state index in [1.807, 2.05) is 19.1 Å². The standard InChI is InChI=1S/C20H20ClN3O3/c1-13(14-7-8-18(26-2)19(9-14)27-3)24-20(25)15(11-22)12-23-17-6-4-5-16(21)10-17/h4-10,12-13,23H,1-3H3,(H,24,25)/b15-12-. The summed E-state index contributed by atoms with van der Waals surface area (Å²) < 4.78 is 10.5. The van der Waals surface area contributed by atoms with Gasteiger partial charge in [0.1, 0.15) is 11.6 Å². The second-order valence-corrected chi connectivity index (χ2v) is 6.07.